The second-order valence-electron chi connectivity index (χ2n) is 8.05. The lowest BCUT2D eigenvalue weighted by Gasteiger charge is -2.28. The summed E-state index contributed by atoms with van der Waals surface area (Å²) >= 11 is 1.55. The van der Waals surface area contributed by atoms with E-state index in [-0.39, 0.29) is 11.9 Å². The highest BCUT2D eigenvalue weighted by molar-refractivity contribution is 7.17. The summed E-state index contributed by atoms with van der Waals surface area (Å²) in [4.78, 5) is 28.8. The van der Waals surface area contributed by atoms with Crippen LogP contribution in [0.5, 0.6) is 0 Å². The van der Waals surface area contributed by atoms with E-state index in [1.54, 1.807) is 11.3 Å². The molecule has 5 nitrogen and oxygen atoms in total. The van der Waals surface area contributed by atoms with Crippen molar-refractivity contribution in [1.82, 2.24) is 4.90 Å². The van der Waals surface area contributed by atoms with E-state index in [0.717, 1.165) is 44.3 Å². The van der Waals surface area contributed by atoms with Gasteiger partial charge < -0.3 is 10.1 Å². The number of ether oxygens (including phenoxy) is 1. The number of carbonyl (C=O) groups is 2. The first-order chi connectivity index (χ1) is 14.0. The van der Waals surface area contributed by atoms with Gasteiger partial charge in [0.2, 0.25) is 5.91 Å². The topological polar surface area (TPSA) is 58.6 Å². The van der Waals surface area contributed by atoms with E-state index in [4.69, 9.17) is 4.74 Å². The molecule has 2 heterocycles. The van der Waals surface area contributed by atoms with Crippen LogP contribution in [0, 0.1) is 5.92 Å². The van der Waals surface area contributed by atoms with Crippen molar-refractivity contribution in [3.63, 3.8) is 0 Å². The maximum Gasteiger partial charge on any atom is 0.341 e. The van der Waals surface area contributed by atoms with E-state index in [1.165, 1.54) is 16.0 Å². The Morgan fingerprint density at radius 3 is 2.83 bits per heavy atom. The second-order valence-corrected chi connectivity index (χ2v) is 9.16. The Hall–Kier alpha value is -2.18. The molecule has 2 aliphatic rings. The van der Waals surface area contributed by atoms with Crippen LogP contribution in [0.15, 0.2) is 24.3 Å². The molecule has 0 fully saturated rings. The summed E-state index contributed by atoms with van der Waals surface area (Å²) in [6, 6.07) is 8.41. The summed E-state index contributed by atoms with van der Waals surface area (Å²) in [6.45, 7) is 6.36. The minimum atomic E-state index is -0.318. The van der Waals surface area contributed by atoms with E-state index in [9.17, 15) is 9.59 Å². The lowest BCUT2D eigenvalue weighted by atomic mass is 9.88. The number of anilines is 1. The van der Waals surface area contributed by atoms with Gasteiger partial charge in [-0.25, -0.2) is 4.79 Å². The Balaban J connectivity index is 1.48. The van der Waals surface area contributed by atoms with Gasteiger partial charge in [0.05, 0.1) is 18.7 Å². The molecule has 4 rings (SSSR count). The number of rotatable bonds is 5. The molecule has 2 aromatic rings. The lowest BCUT2D eigenvalue weighted by molar-refractivity contribution is -0.117. The number of nitrogens with one attached hydrogen (secondary N) is 1. The predicted octanol–water partition coefficient (Wildman–Crippen LogP) is 4.05. The molecule has 1 N–H and O–H groups in total. The molecule has 0 spiro atoms. The van der Waals surface area contributed by atoms with Gasteiger partial charge in [-0.3, -0.25) is 9.69 Å². The first-order valence-electron chi connectivity index (χ1n) is 10.5. The lowest BCUT2D eigenvalue weighted by Crippen LogP contribution is -2.37. The van der Waals surface area contributed by atoms with E-state index in [1.807, 2.05) is 13.0 Å². The standard InChI is InChI=1S/C23H28N2O3S/c1-3-28-23(27)21-18-9-8-15(2)12-19(18)29-22(21)24-20(26)14-25-11-10-16-6-4-5-7-17(16)13-25/h4-7,15H,3,8-14H2,1-2H3,(H,24,26)/t15-/m1/s1. The molecule has 0 saturated carbocycles. The van der Waals surface area contributed by atoms with Crippen LogP contribution in [-0.4, -0.2) is 36.5 Å². The first-order valence-corrected chi connectivity index (χ1v) is 11.3. The highest BCUT2D eigenvalue weighted by Crippen LogP contribution is 2.40. The monoisotopic (exact) mass is 412 g/mol. The van der Waals surface area contributed by atoms with E-state index in [2.05, 4.69) is 35.3 Å². The number of fused-ring (bicyclic) bond motifs is 2. The van der Waals surface area contributed by atoms with Crippen molar-refractivity contribution < 1.29 is 14.3 Å². The Morgan fingerprint density at radius 2 is 2.03 bits per heavy atom. The van der Waals surface area contributed by atoms with Crippen LogP contribution in [0.2, 0.25) is 0 Å². The van der Waals surface area contributed by atoms with Crippen molar-refractivity contribution in [1.29, 1.82) is 0 Å². The molecule has 29 heavy (non-hydrogen) atoms. The Morgan fingerprint density at radius 1 is 1.24 bits per heavy atom. The summed E-state index contributed by atoms with van der Waals surface area (Å²) in [7, 11) is 0. The normalized spacial score (nSPS) is 18.6. The fourth-order valence-electron chi connectivity index (χ4n) is 4.32. The zero-order valence-corrected chi connectivity index (χ0v) is 17.9. The van der Waals surface area contributed by atoms with Gasteiger partial charge in [0.25, 0.3) is 0 Å². The average Bonchev–Trinajstić information content (AvgIpc) is 3.04. The molecule has 1 aromatic heterocycles. The Kier molecular flexibility index (Phi) is 6.01. The molecule has 1 aliphatic carbocycles. The number of hydrogen-bond donors (Lipinski definition) is 1. The maximum atomic E-state index is 12.8. The van der Waals surface area contributed by atoms with Crippen molar-refractivity contribution >= 4 is 28.2 Å². The van der Waals surface area contributed by atoms with Crippen LogP contribution in [0.4, 0.5) is 5.00 Å². The van der Waals surface area contributed by atoms with Gasteiger partial charge in [0, 0.05) is 18.0 Å². The number of amides is 1. The molecule has 0 bridgehead atoms. The number of thiophene rings is 1. The zero-order valence-electron chi connectivity index (χ0n) is 17.1. The fraction of sp³-hybridized carbons (Fsp3) is 0.478. The number of carbonyl (C=O) groups excluding carboxylic acids is 2. The molecule has 0 radical (unpaired) electrons. The van der Waals surface area contributed by atoms with E-state index >= 15 is 0 Å². The van der Waals surface area contributed by atoms with Crippen LogP contribution >= 0.6 is 11.3 Å². The smallest absolute Gasteiger partial charge is 0.341 e. The van der Waals surface area contributed by atoms with E-state index in [0.29, 0.717) is 29.6 Å². The van der Waals surface area contributed by atoms with Crippen LogP contribution < -0.4 is 5.32 Å². The predicted molar refractivity (Wildman–Crippen MR) is 116 cm³/mol. The number of nitrogens with zero attached hydrogens (tertiary/aromatic N) is 1. The van der Waals surface area contributed by atoms with E-state index < -0.39 is 0 Å². The fourth-order valence-corrected chi connectivity index (χ4v) is 5.73. The van der Waals surface area contributed by atoms with Gasteiger partial charge in [-0.05, 0) is 55.2 Å². The van der Waals surface area contributed by atoms with Gasteiger partial charge in [0.15, 0.2) is 0 Å². The van der Waals surface area contributed by atoms with Crippen LogP contribution in [0.3, 0.4) is 0 Å². The quantitative estimate of drug-likeness (QED) is 0.753. The van der Waals surface area contributed by atoms with Crippen LogP contribution in [-0.2, 0) is 35.3 Å². The molecule has 154 valence electrons. The third-order valence-electron chi connectivity index (χ3n) is 5.82. The Bertz CT molecular complexity index is 921. The summed E-state index contributed by atoms with van der Waals surface area (Å²) in [6.07, 6.45) is 3.87. The van der Waals surface area contributed by atoms with Gasteiger partial charge >= 0.3 is 5.97 Å². The molecule has 1 amide bonds. The Labute approximate surface area is 176 Å². The van der Waals surface area contributed by atoms with Gasteiger partial charge in [-0.1, -0.05) is 31.2 Å². The van der Waals surface area contributed by atoms with Crippen molar-refractivity contribution in [3.8, 4) is 0 Å². The molecule has 0 unspecified atom stereocenters. The van der Waals surface area contributed by atoms with Gasteiger partial charge in [-0.15, -0.1) is 11.3 Å². The van der Waals surface area contributed by atoms with Gasteiger partial charge in [0.1, 0.15) is 5.00 Å². The molecular weight excluding hydrogens is 384 g/mol. The molecule has 1 aliphatic heterocycles. The molecule has 1 aromatic carbocycles. The third kappa shape index (κ3) is 4.38. The number of hydrogen-bond acceptors (Lipinski definition) is 5. The first kappa shape index (κ1) is 20.1. The number of benzene rings is 1. The SMILES string of the molecule is CCOC(=O)c1c(NC(=O)CN2CCc3ccccc3C2)sc2c1CC[C@@H](C)C2. The molecule has 0 saturated heterocycles. The molecular formula is C23H28N2O3S. The second kappa shape index (κ2) is 8.67. The minimum absolute atomic E-state index is 0.0680. The summed E-state index contributed by atoms with van der Waals surface area (Å²) < 4.78 is 5.30. The summed E-state index contributed by atoms with van der Waals surface area (Å²) in [5.41, 5.74) is 4.32. The van der Waals surface area contributed by atoms with Crippen LogP contribution in [0.1, 0.15) is 52.2 Å². The minimum Gasteiger partial charge on any atom is -0.462 e. The largest absolute Gasteiger partial charge is 0.462 e. The molecule has 1 atom stereocenters. The molecule has 6 heteroatoms. The maximum absolute atomic E-state index is 12.8. The van der Waals surface area contributed by atoms with Crippen LogP contribution in [0.25, 0.3) is 0 Å². The number of esters is 1. The zero-order chi connectivity index (χ0) is 20.4. The average molecular weight is 413 g/mol. The van der Waals surface area contributed by atoms with Gasteiger partial charge in [-0.2, -0.15) is 0 Å². The highest BCUT2D eigenvalue weighted by Gasteiger charge is 2.29. The third-order valence-corrected chi connectivity index (χ3v) is 6.99. The van der Waals surface area contributed by atoms with Crippen molar-refractivity contribution in [2.75, 3.05) is 25.0 Å². The summed E-state index contributed by atoms with van der Waals surface area (Å²) in [5.74, 6) is 0.219. The summed E-state index contributed by atoms with van der Waals surface area (Å²) in [5, 5.41) is 3.69. The van der Waals surface area contributed by atoms with Crippen molar-refractivity contribution in [2.24, 2.45) is 5.92 Å². The highest BCUT2D eigenvalue weighted by atomic mass is 32.1. The van der Waals surface area contributed by atoms with Crippen molar-refractivity contribution in [2.45, 2.75) is 46.1 Å². The van der Waals surface area contributed by atoms with Crippen molar-refractivity contribution in [3.05, 3.63) is 51.4 Å².